The largest absolute Gasteiger partial charge is 0.480 e. The Morgan fingerprint density at radius 2 is 2.00 bits per heavy atom. The standard InChI is InChI=1S/C12H17N3O5/c1-6(2)4-8(11(18)19)13-9(16)7-5-15(3)12(20)14-10(7)17/h5-6,8H,4H2,1-3H3,(H,13,16)(H,18,19)(H,14,17,20)/t8-/m1/s1. The highest BCUT2D eigenvalue weighted by Gasteiger charge is 2.23. The van der Waals surface area contributed by atoms with Gasteiger partial charge >= 0.3 is 11.7 Å². The molecule has 0 fully saturated rings. The molecule has 1 aromatic heterocycles. The maximum absolute atomic E-state index is 11.9. The Hall–Kier alpha value is -2.38. The number of aliphatic carboxylic acids is 1. The van der Waals surface area contributed by atoms with E-state index in [1.807, 2.05) is 18.8 Å². The summed E-state index contributed by atoms with van der Waals surface area (Å²) in [7, 11) is 1.37. The number of H-pyrrole nitrogens is 1. The van der Waals surface area contributed by atoms with Crippen LogP contribution in [0, 0.1) is 5.92 Å². The van der Waals surface area contributed by atoms with Crippen molar-refractivity contribution in [3.63, 3.8) is 0 Å². The third kappa shape index (κ3) is 3.81. The summed E-state index contributed by atoms with van der Waals surface area (Å²) in [6, 6.07) is -1.08. The van der Waals surface area contributed by atoms with Gasteiger partial charge in [0.15, 0.2) is 0 Å². The van der Waals surface area contributed by atoms with E-state index in [0.717, 1.165) is 10.8 Å². The number of aromatic nitrogens is 2. The van der Waals surface area contributed by atoms with Gasteiger partial charge in [0.05, 0.1) is 0 Å². The van der Waals surface area contributed by atoms with E-state index in [4.69, 9.17) is 5.11 Å². The van der Waals surface area contributed by atoms with Gasteiger partial charge in [-0.15, -0.1) is 0 Å². The molecule has 0 saturated heterocycles. The lowest BCUT2D eigenvalue weighted by Gasteiger charge is -2.16. The summed E-state index contributed by atoms with van der Waals surface area (Å²) in [5.41, 5.74) is -1.80. The third-order valence-corrected chi connectivity index (χ3v) is 2.66. The summed E-state index contributed by atoms with van der Waals surface area (Å²) in [5.74, 6) is -1.93. The lowest BCUT2D eigenvalue weighted by Crippen LogP contribution is -2.44. The predicted molar refractivity (Wildman–Crippen MR) is 70.6 cm³/mol. The fourth-order valence-electron chi connectivity index (χ4n) is 1.65. The summed E-state index contributed by atoms with van der Waals surface area (Å²) in [6.07, 6.45) is 1.32. The number of rotatable bonds is 5. The van der Waals surface area contributed by atoms with Gasteiger partial charge in [0.1, 0.15) is 11.6 Å². The van der Waals surface area contributed by atoms with Crippen molar-refractivity contribution in [1.82, 2.24) is 14.9 Å². The quantitative estimate of drug-likeness (QED) is 0.660. The molecule has 0 saturated carbocycles. The Morgan fingerprint density at radius 1 is 1.40 bits per heavy atom. The molecule has 0 aliphatic carbocycles. The predicted octanol–water partition coefficient (Wildman–Crippen LogP) is -0.697. The maximum atomic E-state index is 11.9. The normalized spacial score (nSPS) is 12.2. The molecule has 1 amide bonds. The number of hydrogen-bond acceptors (Lipinski definition) is 4. The Labute approximate surface area is 114 Å². The topological polar surface area (TPSA) is 121 Å². The summed E-state index contributed by atoms with van der Waals surface area (Å²) < 4.78 is 1.04. The van der Waals surface area contributed by atoms with Crippen LogP contribution >= 0.6 is 0 Å². The minimum atomic E-state index is -1.17. The highest BCUT2D eigenvalue weighted by Crippen LogP contribution is 2.05. The van der Waals surface area contributed by atoms with Gasteiger partial charge in [0.25, 0.3) is 11.5 Å². The van der Waals surface area contributed by atoms with E-state index in [-0.39, 0.29) is 17.9 Å². The Balaban J connectivity index is 3.01. The van der Waals surface area contributed by atoms with E-state index in [1.54, 1.807) is 0 Å². The van der Waals surface area contributed by atoms with Gasteiger partial charge in [0.2, 0.25) is 0 Å². The number of nitrogens with zero attached hydrogens (tertiary/aromatic N) is 1. The van der Waals surface area contributed by atoms with Crippen LogP contribution in [0.3, 0.4) is 0 Å². The van der Waals surface area contributed by atoms with Crippen molar-refractivity contribution in [2.24, 2.45) is 13.0 Å². The van der Waals surface area contributed by atoms with Gasteiger partial charge in [-0.2, -0.15) is 0 Å². The molecular formula is C12H17N3O5. The van der Waals surface area contributed by atoms with Crippen molar-refractivity contribution in [2.75, 3.05) is 0 Å². The van der Waals surface area contributed by atoms with Gasteiger partial charge in [-0.05, 0) is 12.3 Å². The molecular weight excluding hydrogens is 266 g/mol. The molecule has 8 heteroatoms. The fraction of sp³-hybridized carbons (Fsp3) is 0.500. The summed E-state index contributed by atoms with van der Waals surface area (Å²) in [5, 5.41) is 11.3. The molecule has 1 rings (SSSR count). The van der Waals surface area contributed by atoms with Crippen LogP contribution in [-0.4, -0.2) is 32.6 Å². The van der Waals surface area contributed by atoms with Gasteiger partial charge < -0.3 is 15.0 Å². The van der Waals surface area contributed by atoms with Crippen LogP contribution in [0.25, 0.3) is 0 Å². The number of aryl methyl sites for hydroxylation is 1. The number of hydrogen-bond donors (Lipinski definition) is 3. The lowest BCUT2D eigenvalue weighted by atomic mass is 10.0. The maximum Gasteiger partial charge on any atom is 0.328 e. The van der Waals surface area contributed by atoms with Crippen LogP contribution in [0.1, 0.15) is 30.6 Å². The van der Waals surface area contributed by atoms with Crippen LogP contribution in [0.15, 0.2) is 15.8 Å². The van der Waals surface area contributed by atoms with Gasteiger partial charge in [-0.25, -0.2) is 9.59 Å². The zero-order valence-corrected chi connectivity index (χ0v) is 11.5. The number of carbonyl (C=O) groups is 2. The van der Waals surface area contributed by atoms with Gasteiger partial charge in [0, 0.05) is 13.2 Å². The summed E-state index contributed by atoms with van der Waals surface area (Å²) in [6.45, 7) is 3.64. The minimum Gasteiger partial charge on any atom is -0.480 e. The second kappa shape index (κ2) is 6.18. The van der Waals surface area contributed by atoms with Crippen molar-refractivity contribution in [3.8, 4) is 0 Å². The van der Waals surface area contributed by atoms with Crippen molar-refractivity contribution in [3.05, 3.63) is 32.6 Å². The van der Waals surface area contributed by atoms with E-state index in [9.17, 15) is 19.2 Å². The molecule has 20 heavy (non-hydrogen) atoms. The number of aromatic amines is 1. The first kappa shape index (κ1) is 15.7. The second-order valence-electron chi connectivity index (χ2n) is 4.91. The molecule has 3 N–H and O–H groups in total. The van der Waals surface area contributed by atoms with Crippen molar-refractivity contribution in [2.45, 2.75) is 26.3 Å². The Bertz CT molecular complexity index is 629. The van der Waals surface area contributed by atoms with Crippen LogP contribution in [0.4, 0.5) is 0 Å². The summed E-state index contributed by atoms with van der Waals surface area (Å²) >= 11 is 0. The van der Waals surface area contributed by atoms with E-state index in [1.165, 1.54) is 7.05 Å². The number of carboxylic acid groups (broad SMARTS) is 1. The zero-order valence-electron chi connectivity index (χ0n) is 11.5. The van der Waals surface area contributed by atoms with Gasteiger partial charge in [-0.1, -0.05) is 13.8 Å². The monoisotopic (exact) mass is 283 g/mol. The van der Waals surface area contributed by atoms with E-state index in [0.29, 0.717) is 0 Å². The van der Waals surface area contributed by atoms with Crippen LogP contribution in [-0.2, 0) is 11.8 Å². The first-order chi connectivity index (χ1) is 9.22. The molecule has 0 radical (unpaired) electrons. The highest BCUT2D eigenvalue weighted by molar-refractivity contribution is 5.95. The average Bonchev–Trinajstić information content (AvgIpc) is 2.32. The SMILES string of the molecule is CC(C)C[C@@H](NC(=O)c1cn(C)c(=O)[nH]c1=O)C(=O)O. The van der Waals surface area contributed by atoms with Crippen LogP contribution in [0.5, 0.6) is 0 Å². The Morgan fingerprint density at radius 3 is 2.50 bits per heavy atom. The van der Waals surface area contributed by atoms with Crippen LogP contribution < -0.4 is 16.6 Å². The molecule has 1 heterocycles. The van der Waals surface area contributed by atoms with Crippen molar-refractivity contribution < 1.29 is 14.7 Å². The lowest BCUT2D eigenvalue weighted by molar-refractivity contribution is -0.139. The number of carboxylic acids is 1. The molecule has 0 spiro atoms. The van der Waals surface area contributed by atoms with E-state index in [2.05, 4.69) is 5.32 Å². The summed E-state index contributed by atoms with van der Waals surface area (Å²) in [4.78, 5) is 47.6. The molecule has 0 aromatic carbocycles. The molecule has 0 aliphatic rings. The van der Waals surface area contributed by atoms with Crippen molar-refractivity contribution in [1.29, 1.82) is 0 Å². The van der Waals surface area contributed by atoms with E-state index < -0.39 is 29.2 Å². The first-order valence-electron chi connectivity index (χ1n) is 6.06. The molecule has 110 valence electrons. The number of nitrogens with one attached hydrogen (secondary N) is 2. The molecule has 0 aliphatic heterocycles. The molecule has 0 bridgehead atoms. The smallest absolute Gasteiger partial charge is 0.328 e. The molecule has 1 aromatic rings. The van der Waals surface area contributed by atoms with Crippen molar-refractivity contribution >= 4 is 11.9 Å². The molecule has 0 unspecified atom stereocenters. The Kier molecular flexibility index (Phi) is 4.84. The second-order valence-corrected chi connectivity index (χ2v) is 4.91. The first-order valence-corrected chi connectivity index (χ1v) is 6.06. The zero-order chi connectivity index (χ0) is 15.4. The average molecular weight is 283 g/mol. The van der Waals surface area contributed by atoms with Gasteiger partial charge in [-0.3, -0.25) is 14.6 Å². The highest BCUT2D eigenvalue weighted by atomic mass is 16.4. The van der Waals surface area contributed by atoms with E-state index >= 15 is 0 Å². The fourth-order valence-corrected chi connectivity index (χ4v) is 1.65. The third-order valence-electron chi connectivity index (χ3n) is 2.66. The molecule has 8 nitrogen and oxygen atoms in total. The number of carbonyl (C=O) groups excluding carboxylic acids is 1. The number of amides is 1. The minimum absolute atomic E-state index is 0.0646. The molecule has 1 atom stereocenters. The van der Waals surface area contributed by atoms with Crippen LogP contribution in [0.2, 0.25) is 0 Å².